The highest BCUT2D eigenvalue weighted by Gasteiger charge is 2.33. The van der Waals surface area contributed by atoms with E-state index in [1.165, 1.54) is 30.5 Å². The van der Waals surface area contributed by atoms with Crippen molar-refractivity contribution in [3.8, 4) is 0 Å². The summed E-state index contributed by atoms with van der Waals surface area (Å²) < 4.78 is 27.2. The average molecular weight is 534 g/mol. The third kappa shape index (κ3) is 7.08. The minimum absolute atomic E-state index is 0.0992. The summed E-state index contributed by atoms with van der Waals surface area (Å²) in [6, 6.07) is 13.0. The Kier molecular flexibility index (Phi) is 9.93. The molecule has 7 nitrogen and oxygen atoms in total. The van der Waals surface area contributed by atoms with Crippen LogP contribution in [0.15, 0.2) is 53.4 Å². The van der Waals surface area contributed by atoms with Crippen LogP contribution in [0.4, 0.5) is 0 Å². The van der Waals surface area contributed by atoms with Crippen LogP contribution in [0.5, 0.6) is 0 Å². The molecule has 2 aromatic rings. The lowest BCUT2D eigenvalue weighted by molar-refractivity contribution is -0.141. The van der Waals surface area contributed by atoms with Crippen LogP contribution in [0, 0.1) is 6.92 Å². The first-order valence-corrected chi connectivity index (χ1v) is 14.3. The molecule has 36 heavy (non-hydrogen) atoms. The van der Waals surface area contributed by atoms with Crippen molar-refractivity contribution in [2.45, 2.75) is 75.9 Å². The third-order valence-electron chi connectivity index (χ3n) is 6.72. The van der Waals surface area contributed by atoms with Gasteiger partial charge in [-0.1, -0.05) is 73.7 Å². The second kappa shape index (κ2) is 12.7. The molecule has 0 unspecified atom stereocenters. The van der Waals surface area contributed by atoms with Gasteiger partial charge in [-0.2, -0.15) is 4.31 Å². The normalized spacial score (nSPS) is 15.5. The number of amides is 2. The second-order valence-electron chi connectivity index (χ2n) is 9.45. The first-order chi connectivity index (χ1) is 17.1. The SMILES string of the molecule is CC[C@H](C(=O)NC1CCCCC1)N(Cc1ccccc1Cl)C(=O)CN(C)S(=O)(=O)c1ccc(C)cc1. The summed E-state index contributed by atoms with van der Waals surface area (Å²) in [6.07, 6.45) is 5.57. The van der Waals surface area contributed by atoms with Crippen LogP contribution in [-0.2, 0) is 26.2 Å². The molecular formula is C27H36ClN3O4S. The number of rotatable bonds is 10. The lowest BCUT2D eigenvalue weighted by Gasteiger charge is -2.33. The van der Waals surface area contributed by atoms with Gasteiger partial charge in [0.05, 0.1) is 11.4 Å². The number of hydrogen-bond donors (Lipinski definition) is 1. The van der Waals surface area contributed by atoms with Crippen LogP contribution in [0.2, 0.25) is 5.02 Å². The van der Waals surface area contributed by atoms with E-state index in [4.69, 9.17) is 11.6 Å². The maximum atomic E-state index is 13.6. The van der Waals surface area contributed by atoms with Crippen LogP contribution in [0.1, 0.15) is 56.6 Å². The predicted molar refractivity (Wildman–Crippen MR) is 142 cm³/mol. The van der Waals surface area contributed by atoms with Crippen molar-refractivity contribution in [2.24, 2.45) is 0 Å². The molecule has 1 saturated carbocycles. The Hall–Kier alpha value is -2.42. The lowest BCUT2D eigenvalue weighted by atomic mass is 9.95. The predicted octanol–water partition coefficient (Wildman–Crippen LogP) is 4.53. The zero-order valence-corrected chi connectivity index (χ0v) is 22.8. The summed E-state index contributed by atoms with van der Waals surface area (Å²) in [6.45, 7) is 3.44. The summed E-state index contributed by atoms with van der Waals surface area (Å²) >= 11 is 6.38. The van der Waals surface area contributed by atoms with Crippen LogP contribution in [0.3, 0.4) is 0 Å². The number of carbonyl (C=O) groups excluding carboxylic acids is 2. The largest absolute Gasteiger partial charge is 0.352 e. The molecule has 1 fully saturated rings. The highest BCUT2D eigenvalue weighted by molar-refractivity contribution is 7.89. The zero-order valence-electron chi connectivity index (χ0n) is 21.2. The molecule has 1 aliphatic carbocycles. The Morgan fingerprint density at radius 3 is 2.31 bits per heavy atom. The number of nitrogens with one attached hydrogen (secondary N) is 1. The molecule has 1 N–H and O–H groups in total. The Balaban J connectivity index is 1.84. The molecule has 0 radical (unpaired) electrons. The Labute approximate surface area is 219 Å². The number of likely N-dealkylation sites (N-methyl/N-ethyl adjacent to an activating group) is 1. The molecule has 0 aromatic heterocycles. The maximum Gasteiger partial charge on any atom is 0.243 e. The highest BCUT2D eigenvalue weighted by atomic mass is 35.5. The van der Waals surface area contributed by atoms with Gasteiger partial charge in [0.2, 0.25) is 21.8 Å². The number of aryl methyl sites for hydroxylation is 1. The molecule has 2 amide bonds. The van der Waals surface area contributed by atoms with Crippen LogP contribution in [0.25, 0.3) is 0 Å². The second-order valence-corrected chi connectivity index (χ2v) is 11.9. The van der Waals surface area contributed by atoms with Crippen molar-refractivity contribution in [3.63, 3.8) is 0 Å². The number of hydrogen-bond acceptors (Lipinski definition) is 4. The Morgan fingerprint density at radius 2 is 1.69 bits per heavy atom. The van der Waals surface area contributed by atoms with E-state index in [-0.39, 0.29) is 23.4 Å². The minimum atomic E-state index is -3.88. The van der Waals surface area contributed by atoms with Gasteiger partial charge in [0, 0.05) is 24.7 Å². The zero-order chi connectivity index (χ0) is 26.3. The fourth-order valence-corrected chi connectivity index (χ4v) is 5.85. The van der Waals surface area contributed by atoms with Crippen molar-refractivity contribution >= 4 is 33.4 Å². The molecule has 1 atom stereocenters. The number of sulfonamides is 1. The van der Waals surface area contributed by atoms with Crippen molar-refractivity contribution < 1.29 is 18.0 Å². The Bertz CT molecular complexity index is 1150. The van der Waals surface area contributed by atoms with Gasteiger partial charge in [0.25, 0.3) is 0 Å². The average Bonchev–Trinajstić information content (AvgIpc) is 2.85. The molecule has 0 spiro atoms. The summed E-state index contributed by atoms with van der Waals surface area (Å²) in [5.41, 5.74) is 1.63. The topological polar surface area (TPSA) is 86.8 Å². The fraction of sp³-hybridized carbons (Fsp3) is 0.481. The summed E-state index contributed by atoms with van der Waals surface area (Å²) in [5, 5.41) is 3.61. The van der Waals surface area contributed by atoms with E-state index < -0.39 is 28.5 Å². The smallest absolute Gasteiger partial charge is 0.243 e. The third-order valence-corrected chi connectivity index (χ3v) is 8.91. The van der Waals surface area contributed by atoms with Gasteiger partial charge in [-0.05, 0) is 49.9 Å². The van der Waals surface area contributed by atoms with Gasteiger partial charge >= 0.3 is 0 Å². The molecular weight excluding hydrogens is 498 g/mol. The van der Waals surface area contributed by atoms with Gasteiger partial charge < -0.3 is 10.2 Å². The number of benzene rings is 2. The van der Waals surface area contributed by atoms with Crippen molar-refractivity contribution in [1.82, 2.24) is 14.5 Å². The quantitative estimate of drug-likeness (QED) is 0.486. The van der Waals surface area contributed by atoms with Gasteiger partial charge in [0.15, 0.2) is 0 Å². The number of carbonyl (C=O) groups is 2. The molecule has 1 aliphatic rings. The van der Waals surface area contributed by atoms with E-state index in [9.17, 15) is 18.0 Å². The molecule has 2 aromatic carbocycles. The van der Waals surface area contributed by atoms with Crippen LogP contribution >= 0.6 is 11.6 Å². The number of nitrogens with zero attached hydrogens (tertiary/aromatic N) is 2. The van der Waals surface area contributed by atoms with Crippen LogP contribution in [-0.4, -0.2) is 55.1 Å². The molecule has 0 aliphatic heterocycles. The van der Waals surface area contributed by atoms with E-state index >= 15 is 0 Å². The monoisotopic (exact) mass is 533 g/mol. The van der Waals surface area contributed by atoms with Gasteiger partial charge in [-0.15, -0.1) is 0 Å². The van der Waals surface area contributed by atoms with E-state index in [1.807, 2.05) is 19.9 Å². The van der Waals surface area contributed by atoms with Crippen molar-refractivity contribution in [3.05, 3.63) is 64.7 Å². The van der Waals surface area contributed by atoms with Gasteiger partial charge in [0.1, 0.15) is 6.04 Å². The molecule has 3 rings (SSSR count). The Morgan fingerprint density at radius 1 is 1.06 bits per heavy atom. The fourth-order valence-electron chi connectivity index (χ4n) is 4.53. The van der Waals surface area contributed by atoms with E-state index in [0.717, 1.165) is 35.6 Å². The number of halogens is 1. The summed E-state index contributed by atoms with van der Waals surface area (Å²) in [4.78, 5) is 28.5. The summed E-state index contributed by atoms with van der Waals surface area (Å²) in [7, 11) is -2.50. The molecule has 0 bridgehead atoms. The van der Waals surface area contributed by atoms with Gasteiger partial charge in [-0.25, -0.2) is 8.42 Å². The first kappa shape index (κ1) is 28.2. The molecule has 0 saturated heterocycles. The van der Waals surface area contributed by atoms with E-state index in [1.54, 1.807) is 30.3 Å². The summed E-state index contributed by atoms with van der Waals surface area (Å²) in [5.74, 6) is -0.674. The van der Waals surface area contributed by atoms with Crippen LogP contribution < -0.4 is 5.32 Å². The highest BCUT2D eigenvalue weighted by Crippen LogP contribution is 2.22. The minimum Gasteiger partial charge on any atom is -0.352 e. The molecule has 9 heteroatoms. The first-order valence-electron chi connectivity index (χ1n) is 12.5. The van der Waals surface area contributed by atoms with Crippen molar-refractivity contribution in [1.29, 1.82) is 0 Å². The van der Waals surface area contributed by atoms with Gasteiger partial charge in [-0.3, -0.25) is 9.59 Å². The lowest BCUT2D eigenvalue weighted by Crippen LogP contribution is -2.53. The van der Waals surface area contributed by atoms with Crippen molar-refractivity contribution in [2.75, 3.05) is 13.6 Å². The van der Waals surface area contributed by atoms with E-state index in [0.29, 0.717) is 17.0 Å². The molecule has 196 valence electrons. The maximum absolute atomic E-state index is 13.6. The van der Waals surface area contributed by atoms with E-state index in [2.05, 4.69) is 5.32 Å². The standard InChI is InChI=1S/C27H36ClN3O4S/c1-4-25(27(33)29-22-11-6-5-7-12-22)31(18-21-10-8-9-13-24(21)28)26(32)19-30(3)36(34,35)23-16-14-20(2)15-17-23/h8-10,13-17,22,25H,4-7,11-12,18-19H2,1-3H3,(H,29,33)/t25-/m1/s1. The molecule has 0 heterocycles.